The van der Waals surface area contributed by atoms with Crippen molar-refractivity contribution in [2.45, 2.75) is 56.6 Å². The second-order valence-corrected chi connectivity index (χ2v) is 6.15. The molecule has 1 aromatic carbocycles. The van der Waals surface area contributed by atoms with Crippen LogP contribution in [0.4, 0.5) is 0 Å². The van der Waals surface area contributed by atoms with Crippen molar-refractivity contribution in [2.75, 3.05) is 6.61 Å². The molecular weight excluding hydrogens is 234 g/mol. The smallest absolute Gasteiger partial charge is 0.0576 e. The van der Waals surface area contributed by atoms with Crippen LogP contribution < -0.4 is 5.73 Å². The van der Waals surface area contributed by atoms with Gasteiger partial charge in [0.15, 0.2) is 0 Å². The Hall–Kier alpha value is -0.860. The van der Waals surface area contributed by atoms with E-state index in [1.54, 1.807) is 0 Å². The molecule has 4 atom stereocenters. The lowest BCUT2D eigenvalue weighted by Gasteiger charge is -2.13. The van der Waals surface area contributed by atoms with Crippen molar-refractivity contribution in [3.63, 3.8) is 0 Å². The Morgan fingerprint density at radius 2 is 2.11 bits per heavy atom. The summed E-state index contributed by atoms with van der Waals surface area (Å²) in [5.74, 6) is 1.44. The van der Waals surface area contributed by atoms with E-state index in [4.69, 9.17) is 10.5 Å². The summed E-state index contributed by atoms with van der Waals surface area (Å²) in [4.78, 5) is 0. The van der Waals surface area contributed by atoms with E-state index in [0.29, 0.717) is 18.1 Å². The summed E-state index contributed by atoms with van der Waals surface area (Å²) in [6, 6.07) is 11.2. The quantitative estimate of drug-likeness (QED) is 0.849. The lowest BCUT2D eigenvalue weighted by atomic mass is 10.00. The first-order valence-corrected chi connectivity index (χ1v) is 7.76. The Morgan fingerprint density at radius 1 is 1.26 bits per heavy atom. The van der Waals surface area contributed by atoms with E-state index in [1.807, 2.05) is 0 Å². The van der Waals surface area contributed by atoms with Crippen LogP contribution in [-0.2, 0) is 4.74 Å². The maximum absolute atomic E-state index is 6.35. The van der Waals surface area contributed by atoms with Gasteiger partial charge in [0.25, 0.3) is 0 Å². The van der Waals surface area contributed by atoms with E-state index >= 15 is 0 Å². The number of ether oxygens (including phenoxy) is 1. The third kappa shape index (κ3) is 3.37. The minimum atomic E-state index is 0.381. The summed E-state index contributed by atoms with van der Waals surface area (Å²) in [5.41, 5.74) is 7.82. The zero-order chi connectivity index (χ0) is 13.1. The maximum Gasteiger partial charge on any atom is 0.0576 e. The molecule has 2 nitrogen and oxygen atoms in total. The molecule has 1 aliphatic carbocycles. The molecule has 1 aliphatic heterocycles. The second-order valence-electron chi connectivity index (χ2n) is 6.15. The number of hydrogen-bond donors (Lipinski definition) is 1. The van der Waals surface area contributed by atoms with Gasteiger partial charge in [-0.2, -0.15) is 0 Å². The summed E-state index contributed by atoms with van der Waals surface area (Å²) in [7, 11) is 0. The van der Waals surface area contributed by atoms with E-state index in [1.165, 1.54) is 37.7 Å². The number of hydrogen-bond acceptors (Lipinski definition) is 2. The van der Waals surface area contributed by atoms with Gasteiger partial charge < -0.3 is 10.5 Å². The molecule has 0 bridgehead atoms. The third-order valence-corrected chi connectivity index (χ3v) is 4.71. The van der Waals surface area contributed by atoms with Crippen LogP contribution in [0.5, 0.6) is 0 Å². The minimum absolute atomic E-state index is 0.381. The molecular formula is C17H25NO. The zero-order valence-electron chi connectivity index (χ0n) is 11.6. The van der Waals surface area contributed by atoms with Gasteiger partial charge in [-0.25, -0.2) is 0 Å². The Bertz CT molecular complexity index is 386. The largest absolute Gasteiger partial charge is 0.378 e. The van der Waals surface area contributed by atoms with Gasteiger partial charge in [0.2, 0.25) is 0 Å². The molecule has 2 aliphatic rings. The van der Waals surface area contributed by atoms with Crippen LogP contribution in [0.15, 0.2) is 30.3 Å². The lowest BCUT2D eigenvalue weighted by Crippen LogP contribution is -2.23. The Kier molecular flexibility index (Phi) is 4.19. The Labute approximate surface area is 116 Å². The molecule has 0 radical (unpaired) electrons. The van der Waals surface area contributed by atoms with Gasteiger partial charge in [0.05, 0.1) is 6.10 Å². The van der Waals surface area contributed by atoms with Gasteiger partial charge in [0.1, 0.15) is 0 Å². The molecule has 2 fully saturated rings. The normalized spacial score (nSPS) is 31.3. The van der Waals surface area contributed by atoms with Gasteiger partial charge >= 0.3 is 0 Å². The number of rotatable bonds is 6. The van der Waals surface area contributed by atoms with Crippen LogP contribution in [0.1, 0.15) is 50.0 Å². The first-order valence-electron chi connectivity index (χ1n) is 7.76. The van der Waals surface area contributed by atoms with Crippen LogP contribution in [0.3, 0.4) is 0 Å². The Balaban J connectivity index is 1.39. The molecule has 1 heterocycles. The molecule has 2 N–H and O–H groups in total. The van der Waals surface area contributed by atoms with E-state index in [0.717, 1.165) is 18.9 Å². The highest BCUT2D eigenvalue weighted by Gasteiger charge is 2.41. The molecule has 0 aromatic heterocycles. The Morgan fingerprint density at radius 3 is 2.84 bits per heavy atom. The first kappa shape index (κ1) is 13.1. The standard InChI is InChI=1S/C17H25NO/c18-17(10-4-8-14-9-5-11-19-14)16-12-15(16)13-6-2-1-3-7-13/h1-3,6-7,14-17H,4-5,8-12,18H2. The van der Waals surface area contributed by atoms with Crippen molar-refractivity contribution < 1.29 is 4.74 Å². The maximum atomic E-state index is 6.35. The molecule has 104 valence electrons. The van der Waals surface area contributed by atoms with Crippen LogP contribution in [0, 0.1) is 5.92 Å². The molecule has 1 saturated heterocycles. The monoisotopic (exact) mass is 259 g/mol. The fourth-order valence-corrected chi connectivity index (χ4v) is 3.44. The van der Waals surface area contributed by atoms with Crippen molar-refractivity contribution in [3.05, 3.63) is 35.9 Å². The first-order chi connectivity index (χ1) is 9.34. The van der Waals surface area contributed by atoms with Crippen molar-refractivity contribution in [3.8, 4) is 0 Å². The van der Waals surface area contributed by atoms with Gasteiger partial charge in [-0.05, 0) is 55.9 Å². The topological polar surface area (TPSA) is 35.2 Å². The highest BCUT2D eigenvalue weighted by molar-refractivity contribution is 5.26. The molecule has 0 spiro atoms. The van der Waals surface area contributed by atoms with Gasteiger partial charge in [-0.1, -0.05) is 30.3 Å². The molecule has 1 saturated carbocycles. The fourth-order valence-electron chi connectivity index (χ4n) is 3.44. The van der Waals surface area contributed by atoms with Gasteiger partial charge in [-0.15, -0.1) is 0 Å². The van der Waals surface area contributed by atoms with E-state index in [-0.39, 0.29) is 0 Å². The van der Waals surface area contributed by atoms with Crippen molar-refractivity contribution >= 4 is 0 Å². The zero-order valence-corrected chi connectivity index (χ0v) is 11.6. The van der Waals surface area contributed by atoms with E-state index < -0.39 is 0 Å². The van der Waals surface area contributed by atoms with Crippen molar-refractivity contribution in [1.29, 1.82) is 0 Å². The van der Waals surface area contributed by atoms with Crippen LogP contribution in [-0.4, -0.2) is 18.8 Å². The molecule has 1 aromatic rings. The number of nitrogens with two attached hydrogens (primary N) is 1. The average molecular weight is 259 g/mol. The number of benzene rings is 1. The molecule has 4 unspecified atom stereocenters. The summed E-state index contributed by atoms with van der Waals surface area (Å²) < 4.78 is 5.66. The van der Waals surface area contributed by atoms with Crippen molar-refractivity contribution in [1.82, 2.24) is 0 Å². The van der Waals surface area contributed by atoms with E-state index in [9.17, 15) is 0 Å². The van der Waals surface area contributed by atoms with E-state index in [2.05, 4.69) is 30.3 Å². The predicted molar refractivity (Wildman–Crippen MR) is 78.1 cm³/mol. The third-order valence-electron chi connectivity index (χ3n) is 4.71. The van der Waals surface area contributed by atoms with Crippen LogP contribution >= 0.6 is 0 Å². The lowest BCUT2D eigenvalue weighted by molar-refractivity contribution is 0.101. The highest BCUT2D eigenvalue weighted by atomic mass is 16.5. The SMILES string of the molecule is NC(CCCC1CCCO1)C1CC1c1ccccc1. The highest BCUT2D eigenvalue weighted by Crippen LogP contribution is 2.49. The van der Waals surface area contributed by atoms with Gasteiger partial charge in [0, 0.05) is 12.6 Å². The molecule has 19 heavy (non-hydrogen) atoms. The molecule has 3 rings (SSSR count). The molecule has 0 amide bonds. The predicted octanol–water partition coefficient (Wildman–Crippen LogP) is 3.47. The minimum Gasteiger partial charge on any atom is -0.378 e. The summed E-state index contributed by atoms with van der Waals surface area (Å²) in [5, 5.41) is 0. The van der Waals surface area contributed by atoms with Crippen molar-refractivity contribution in [2.24, 2.45) is 11.7 Å². The fraction of sp³-hybridized carbons (Fsp3) is 0.647. The molecule has 2 heteroatoms. The summed E-state index contributed by atoms with van der Waals surface area (Å²) in [6.07, 6.45) is 7.90. The second kappa shape index (κ2) is 6.06. The van der Waals surface area contributed by atoms with Crippen LogP contribution in [0.2, 0.25) is 0 Å². The summed E-state index contributed by atoms with van der Waals surface area (Å²) >= 11 is 0. The average Bonchev–Trinajstić information content (AvgIpc) is 3.09. The van der Waals surface area contributed by atoms with Gasteiger partial charge in [-0.3, -0.25) is 0 Å². The summed E-state index contributed by atoms with van der Waals surface area (Å²) in [6.45, 7) is 0.968. The van der Waals surface area contributed by atoms with Crippen LogP contribution in [0.25, 0.3) is 0 Å².